The first-order valence-electron chi connectivity index (χ1n) is 13.1. The van der Waals surface area contributed by atoms with Gasteiger partial charge in [-0.2, -0.15) is 0 Å². The number of carbonyl (C=O) groups excluding carboxylic acids is 3. The molecule has 0 radical (unpaired) electrons. The van der Waals surface area contributed by atoms with Crippen LogP contribution in [0.25, 0.3) is 10.9 Å². The highest BCUT2D eigenvalue weighted by molar-refractivity contribution is 5.99. The highest BCUT2D eigenvalue weighted by Gasteiger charge is 2.48. The van der Waals surface area contributed by atoms with Crippen molar-refractivity contribution < 1.29 is 23.9 Å². The van der Waals surface area contributed by atoms with Gasteiger partial charge in [-0.25, -0.2) is 0 Å². The number of rotatable bonds is 8. The number of benzene rings is 1. The Morgan fingerprint density at radius 3 is 2.64 bits per heavy atom. The van der Waals surface area contributed by atoms with Gasteiger partial charge in [0.15, 0.2) is 0 Å². The number of carbonyl (C=O) groups is 3. The number of hydrogen-bond acceptors (Lipinski definition) is 5. The Morgan fingerprint density at radius 1 is 1.22 bits per heavy atom. The number of fused-ring (bicyclic) bond motifs is 4. The number of esters is 1. The number of nitrogens with one attached hydrogen (secondary N) is 2. The van der Waals surface area contributed by atoms with E-state index in [1.807, 2.05) is 39.0 Å². The molecule has 3 heterocycles. The van der Waals surface area contributed by atoms with Gasteiger partial charge in [-0.05, 0) is 63.6 Å². The molecular formula is C28H39N3O5. The zero-order valence-electron chi connectivity index (χ0n) is 22.3. The van der Waals surface area contributed by atoms with Crippen molar-refractivity contribution in [2.45, 2.75) is 97.4 Å². The third-order valence-corrected chi connectivity index (χ3v) is 6.71. The van der Waals surface area contributed by atoms with Crippen molar-refractivity contribution in [3.63, 3.8) is 0 Å². The van der Waals surface area contributed by atoms with Crippen molar-refractivity contribution in [3.05, 3.63) is 29.5 Å². The predicted octanol–water partition coefficient (Wildman–Crippen LogP) is 4.42. The predicted molar refractivity (Wildman–Crippen MR) is 138 cm³/mol. The normalized spacial score (nSPS) is 21.9. The molecule has 0 aliphatic carbocycles. The summed E-state index contributed by atoms with van der Waals surface area (Å²) in [5, 5.41) is 3.96. The maximum absolute atomic E-state index is 13.7. The van der Waals surface area contributed by atoms with Crippen LogP contribution in [0.15, 0.2) is 18.2 Å². The zero-order chi connectivity index (χ0) is 26.2. The largest absolute Gasteiger partial charge is 0.494 e. The molecular weight excluding hydrogens is 458 g/mol. The standard InChI is InChI=1S/C28H39N3O5/c1-7-12-35-17-8-9-18-19-15-23-26(33)30-20(10-11-24(32)36-28(4,5)6)27(34)31(23)22(13-16(2)3)25(19)29-21(18)14-17/h8-9,14,16,20,22-23,29H,7,10-13,15H2,1-6H3,(H,30,33)/t20-,22-,23-/m0/s1. The third-order valence-electron chi connectivity index (χ3n) is 6.71. The van der Waals surface area contributed by atoms with Crippen LogP contribution < -0.4 is 10.1 Å². The smallest absolute Gasteiger partial charge is 0.306 e. The fourth-order valence-corrected chi connectivity index (χ4v) is 5.28. The second kappa shape index (κ2) is 10.1. The fraction of sp³-hybridized carbons (Fsp3) is 0.607. The summed E-state index contributed by atoms with van der Waals surface area (Å²) in [6, 6.07) is 4.46. The van der Waals surface area contributed by atoms with Crippen LogP contribution in [-0.4, -0.2) is 52.0 Å². The Bertz CT molecular complexity index is 1150. The number of amides is 2. The minimum atomic E-state index is -0.740. The second-order valence-electron chi connectivity index (χ2n) is 11.4. The number of H-pyrrole nitrogens is 1. The van der Waals surface area contributed by atoms with Gasteiger partial charge in [0.05, 0.1) is 12.6 Å². The van der Waals surface area contributed by atoms with Gasteiger partial charge in [-0.1, -0.05) is 20.8 Å². The van der Waals surface area contributed by atoms with E-state index in [2.05, 4.69) is 31.1 Å². The summed E-state index contributed by atoms with van der Waals surface area (Å²) in [4.78, 5) is 44.6. The topological polar surface area (TPSA) is 101 Å². The van der Waals surface area contributed by atoms with E-state index in [0.717, 1.165) is 40.8 Å². The van der Waals surface area contributed by atoms with Gasteiger partial charge < -0.3 is 24.7 Å². The van der Waals surface area contributed by atoms with Crippen molar-refractivity contribution in [2.75, 3.05) is 6.61 Å². The number of piperazine rings is 1. The molecule has 196 valence electrons. The maximum Gasteiger partial charge on any atom is 0.306 e. The lowest BCUT2D eigenvalue weighted by Crippen LogP contribution is -2.66. The molecule has 1 aromatic carbocycles. The van der Waals surface area contributed by atoms with Crippen LogP contribution in [0.2, 0.25) is 0 Å². The van der Waals surface area contributed by atoms with Crippen LogP contribution in [0.3, 0.4) is 0 Å². The van der Waals surface area contributed by atoms with E-state index in [0.29, 0.717) is 18.9 Å². The Labute approximate surface area is 213 Å². The lowest BCUT2D eigenvalue weighted by molar-refractivity contribution is -0.157. The summed E-state index contributed by atoms with van der Waals surface area (Å²) in [5.41, 5.74) is 2.45. The average molecular weight is 498 g/mol. The molecule has 2 N–H and O–H groups in total. The molecule has 0 saturated carbocycles. The van der Waals surface area contributed by atoms with Gasteiger partial charge in [-0.15, -0.1) is 0 Å². The van der Waals surface area contributed by atoms with Crippen LogP contribution in [0, 0.1) is 5.92 Å². The number of ether oxygens (including phenoxy) is 2. The van der Waals surface area contributed by atoms with Crippen LogP contribution in [0.4, 0.5) is 0 Å². The molecule has 1 aromatic heterocycles. The number of aromatic nitrogens is 1. The lowest BCUT2D eigenvalue weighted by Gasteiger charge is -2.46. The molecule has 2 aliphatic rings. The molecule has 2 amide bonds. The molecule has 8 nitrogen and oxygen atoms in total. The van der Waals surface area contributed by atoms with Gasteiger partial charge in [-0.3, -0.25) is 14.4 Å². The Morgan fingerprint density at radius 2 is 1.97 bits per heavy atom. The molecule has 1 fully saturated rings. The van der Waals surface area contributed by atoms with Crippen molar-refractivity contribution >= 4 is 28.7 Å². The monoisotopic (exact) mass is 497 g/mol. The van der Waals surface area contributed by atoms with E-state index >= 15 is 0 Å². The van der Waals surface area contributed by atoms with Crippen molar-refractivity contribution in [2.24, 2.45) is 5.92 Å². The first kappa shape index (κ1) is 26.0. The summed E-state index contributed by atoms with van der Waals surface area (Å²) in [6.07, 6.45) is 2.40. The Kier molecular flexibility index (Phi) is 7.34. The van der Waals surface area contributed by atoms with Gasteiger partial charge in [0.25, 0.3) is 0 Å². The molecule has 36 heavy (non-hydrogen) atoms. The molecule has 0 bridgehead atoms. The van der Waals surface area contributed by atoms with Crippen LogP contribution in [0.5, 0.6) is 5.75 Å². The van der Waals surface area contributed by atoms with Crippen LogP contribution in [0.1, 0.15) is 84.5 Å². The van der Waals surface area contributed by atoms with E-state index in [4.69, 9.17) is 9.47 Å². The van der Waals surface area contributed by atoms with Crippen molar-refractivity contribution in [3.8, 4) is 5.75 Å². The molecule has 8 heteroatoms. The van der Waals surface area contributed by atoms with Crippen molar-refractivity contribution in [1.29, 1.82) is 0 Å². The first-order chi connectivity index (χ1) is 17.0. The van der Waals surface area contributed by atoms with E-state index in [-0.39, 0.29) is 36.7 Å². The van der Waals surface area contributed by atoms with E-state index in [1.165, 1.54) is 0 Å². The van der Waals surface area contributed by atoms with Crippen LogP contribution in [-0.2, 0) is 25.5 Å². The van der Waals surface area contributed by atoms with E-state index in [1.54, 1.807) is 4.90 Å². The first-order valence-corrected chi connectivity index (χ1v) is 13.1. The number of aromatic amines is 1. The quantitative estimate of drug-likeness (QED) is 0.526. The van der Waals surface area contributed by atoms with E-state index < -0.39 is 17.7 Å². The number of nitrogens with zero attached hydrogens (tertiary/aromatic N) is 1. The van der Waals surface area contributed by atoms with Gasteiger partial charge in [0.1, 0.15) is 23.4 Å². The zero-order valence-corrected chi connectivity index (χ0v) is 22.3. The Hall–Kier alpha value is -3.03. The molecule has 0 unspecified atom stereocenters. The minimum Gasteiger partial charge on any atom is -0.494 e. The van der Waals surface area contributed by atoms with Crippen molar-refractivity contribution in [1.82, 2.24) is 15.2 Å². The molecule has 0 spiro atoms. The highest BCUT2D eigenvalue weighted by Crippen LogP contribution is 2.42. The third kappa shape index (κ3) is 5.37. The van der Waals surface area contributed by atoms with Gasteiger partial charge in [0, 0.05) is 35.5 Å². The van der Waals surface area contributed by atoms with Crippen LogP contribution >= 0.6 is 0 Å². The maximum atomic E-state index is 13.7. The van der Waals surface area contributed by atoms with Gasteiger partial charge >= 0.3 is 5.97 Å². The summed E-state index contributed by atoms with van der Waals surface area (Å²) >= 11 is 0. The summed E-state index contributed by atoms with van der Waals surface area (Å²) < 4.78 is 11.2. The van der Waals surface area contributed by atoms with Gasteiger partial charge in [0.2, 0.25) is 11.8 Å². The molecule has 1 saturated heterocycles. The molecule has 3 atom stereocenters. The molecule has 2 aromatic rings. The molecule has 2 aliphatic heterocycles. The summed E-state index contributed by atoms with van der Waals surface area (Å²) in [5.74, 6) is 0.445. The summed E-state index contributed by atoms with van der Waals surface area (Å²) in [6.45, 7) is 12.4. The minimum absolute atomic E-state index is 0.0689. The molecule has 4 rings (SSSR count). The highest BCUT2D eigenvalue weighted by atomic mass is 16.6. The van der Waals surface area contributed by atoms with E-state index in [9.17, 15) is 14.4 Å². The lowest BCUT2D eigenvalue weighted by atomic mass is 9.85. The Balaban J connectivity index is 1.63. The summed E-state index contributed by atoms with van der Waals surface area (Å²) in [7, 11) is 0. The second-order valence-corrected chi connectivity index (χ2v) is 11.4. The fourth-order valence-electron chi connectivity index (χ4n) is 5.28. The number of hydrogen-bond donors (Lipinski definition) is 2. The SMILES string of the molecule is CCCOc1ccc2c3c([nH]c2c1)[C@H](CC(C)C)N1C(=O)[C@H](CCC(=O)OC(C)(C)C)NC(=O)[C@@H]1C3. The average Bonchev–Trinajstić information content (AvgIpc) is 3.15.